The second kappa shape index (κ2) is 5.83. The van der Waals surface area contributed by atoms with Crippen molar-refractivity contribution >= 4 is 5.69 Å². The predicted octanol–water partition coefficient (Wildman–Crippen LogP) is 2.98. The molecule has 0 aliphatic carbocycles. The van der Waals surface area contributed by atoms with Gasteiger partial charge >= 0.3 is 0 Å². The summed E-state index contributed by atoms with van der Waals surface area (Å²) in [7, 11) is 0. The highest BCUT2D eigenvalue weighted by atomic mass is 15.1. The van der Waals surface area contributed by atoms with Gasteiger partial charge in [0, 0.05) is 31.2 Å². The Labute approximate surface area is 107 Å². The second-order valence-electron chi connectivity index (χ2n) is 4.03. The lowest BCUT2D eigenvalue weighted by Crippen LogP contribution is -2.21. The molecule has 0 saturated carbocycles. The van der Waals surface area contributed by atoms with E-state index < -0.39 is 0 Å². The molecule has 0 saturated heterocycles. The van der Waals surface area contributed by atoms with Crippen LogP contribution in [0.2, 0.25) is 0 Å². The molecule has 2 rings (SSSR count). The normalized spacial score (nSPS) is 9.78. The third-order valence-electron chi connectivity index (χ3n) is 2.87. The van der Waals surface area contributed by atoms with Crippen LogP contribution in [0.5, 0.6) is 0 Å². The molecule has 1 aromatic heterocycles. The second-order valence-corrected chi connectivity index (χ2v) is 4.03. The summed E-state index contributed by atoms with van der Waals surface area (Å²) in [6.07, 6.45) is 3.61. The van der Waals surface area contributed by atoms with Gasteiger partial charge in [0.15, 0.2) is 0 Å². The van der Waals surface area contributed by atoms with Gasteiger partial charge in [-0.1, -0.05) is 0 Å². The van der Waals surface area contributed by atoms with E-state index in [0.717, 1.165) is 18.8 Å². The molecule has 1 heterocycles. The van der Waals surface area contributed by atoms with Crippen LogP contribution in [0.1, 0.15) is 18.1 Å². The van der Waals surface area contributed by atoms with Crippen LogP contribution >= 0.6 is 0 Å². The fraction of sp³-hybridized carbons (Fsp3) is 0.200. The van der Waals surface area contributed by atoms with Crippen molar-refractivity contribution in [2.24, 2.45) is 0 Å². The van der Waals surface area contributed by atoms with Crippen molar-refractivity contribution in [1.82, 2.24) is 4.98 Å². The highest BCUT2D eigenvalue weighted by Gasteiger charge is 2.05. The molecule has 0 aliphatic heterocycles. The molecule has 0 atom stereocenters. The van der Waals surface area contributed by atoms with Crippen LogP contribution < -0.4 is 4.90 Å². The van der Waals surface area contributed by atoms with Gasteiger partial charge < -0.3 is 4.90 Å². The smallest absolute Gasteiger partial charge is 0.0991 e. The zero-order valence-electron chi connectivity index (χ0n) is 10.4. The molecule has 1 aromatic carbocycles. The van der Waals surface area contributed by atoms with Gasteiger partial charge in [0.2, 0.25) is 0 Å². The van der Waals surface area contributed by atoms with Gasteiger partial charge in [-0.15, -0.1) is 0 Å². The zero-order chi connectivity index (χ0) is 12.8. The number of hydrogen-bond acceptors (Lipinski definition) is 3. The Balaban J connectivity index is 2.15. The molecule has 2 aromatic rings. The first kappa shape index (κ1) is 12.1. The number of nitrogens with zero attached hydrogens (tertiary/aromatic N) is 3. The zero-order valence-corrected chi connectivity index (χ0v) is 10.4. The quantitative estimate of drug-likeness (QED) is 0.820. The minimum atomic E-state index is 0.693. The van der Waals surface area contributed by atoms with E-state index in [-0.39, 0.29) is 0 Å². The van der Waals surface area contributed by atoms with E-state index in [4.69, 9.17) is 5.26 Å². The Bertz CT molecular complexity index is 526. The number of aromatic nitrogens is 1. The average Bonchev–Trinajstić information content (AvgIpc) is 2.46. The van der Waals surface area contributed by atoms with Crippen LogP contribution in [0.25, 0.3) is 0 Å². The van der Waals surface area contributed by atoms with Crippen LogP contribution in [0.3, 0.4) is 0 Å². The van der Waals surface area contributed by atoms with Crippen LogP contribution in [0.4, 0.5) is 5.69 Å². The van der Waals surface area contributed by atoms with E-state index in [2.05, 4.69) is 22.9 Å². The van der Waals surface area contributed by atoms with Crippen LogP contribution in [0, 0.1) is 11.3 Å². The summed E-state index contributed by atoms with van der Waals surface area (Å²) in [5.74, 6) is 0. The molecule has 3 heteroatoms. The van der Waals surface area contributed by atoms with Crippen molar-refractivity contribution < 1.29 is 0 Å². The maximum absolute atomic E-state index is 8.79. The first-order valence-corrected chi connectivity index (χ1v) is 5.97. The third kappa shape index (κ3) is 2.86. The van der Waals surface area contributed by atoms with Gasteiger partial charge in [-0.25, -0.2) is 0 Å². The topological polar surface area (TPSA) is 39.9 Å². The first-order chi connectivity index (χ1) is 8.83. The van der Waals surface area contributed by atoms with Crippen LogP contribution in [-0.4, -0.2) is 11.5 Å². The van der Waals surface area contributed by atoms with Crippen LogP contribution in [-0.2, 0) is 6.54 Å². The lowest BCUT2D eigenvalue weighted by atomic mass is 10.2. The van der Waals surface area contributed by atoms with E-state index in [1.54, 1.807) is 0 Å². The number of benzene rings is 1. The minimum absolute atomic E-state index is 0.693. The van der Waals surface area contributed by atoms with Gasteiger partial charge in [0.1, 0.15) is 0 Å². The standard InChI is InChI=1S/C15H15N3/c1-2-18(12-14-7-9-17-10-8-14)15-5-3-13(11-16)4-6-15/h3-10H,2,12H2,1H3. The van der Waals surface area contributed by atoms with Crippen molar-refractivity contribution in [3.63, 3.8) is 0 Å². The molecule has 0 amide bonds. The number of anilines is 1. The van der Waals surface area contributed by atoms with E-state index in [0.29, 0.717) is 5.56 Å². The maximum atomic E-state index is 8.79. The van der Waals surface area contributed by atoms with Gasteiger partial charge in [0.25, 0.3) is 0 Å². The molecular weight excluding hydrogens is 222 g/mol. The number of hydrogen-bond donors (Lipinski definition) is 0. The number of pyridine rings is 1. The Morgan fingerprint density at radius 2 is 1.78 bits per heavy atom. The van der Waals surface area contributed by atoms with Crippen molar-refractivity contribution in [1.29, 1.82) is 5.26 Å². The molecule has 0 spiro atoms. The fourth-order valence-corrected chi connectivity index (χ4v) is 1.84. The van der Waals surface area contributed by atoms with E-state index in [1.165, 1.54) is 5.56 Å². The van der Waals surface area contributed by atoms with Gasteiger partial charge in [0.05, 0.1) is 11.6 Å². The molecule has 0 unspecified atom stereocenters. The van der Waals surface area contributed by atoms with E-state index in [1.807, 2.05) is 48.8 Å². The highest BCUT2D eigenvalue weighted by molar-refractivity contribution is 5.50. The van der Waals surface area contributed by atoms with Crippen LogP contribution in [0.15, 0.2) is 48.8 Å². The SMILES string of the molecule is CCN(Cc1ccncc1)c1ccc(C#N)cc1. The molecule has 0 bridgehead atoms. The largest absolute Gasteiger partial charge is 0.367 e. The Morgan fingerprint density at radius 1 is 1.11 bits per heavy atom. The molecule has 0 aliphatic rings. The Kier molecular flexibility index (Phi) is 3.93. The Morgan fingerprint density at radius 3 is 2.33 bits per heavy atom. The van der Waals surface area contributed by atoms with Crippen molar-refractivity contribution in [3.05, 3.63) is 59.9 Å². The maximum Gasteiger partial charge on any atom is 0.0991 e. The molecule has 0 fully saturated rings. The van der Waals surface area contributed by atoms with Gasteiger partial charge in [-0.3, -0.25) is 4.98 Å². The van der Waals surface area contributed by atoms with Gasteiger partial charge in [-0.05, 0) is 48.9 Å². The average molecular weight is 237 g/mol. The molecule has 18 heavy (non-hydrogen) atoms. The lowest BCUT2D eigenvalue weighted by molar-refractivity contribution is 0.830. The fourth-order valence-electron chi connectivity index (χ4n) is 1.84. The lowest BCUT2D eigenvalue weighted by Gasteiger charge is -2.23. The van der Waals surface area contributed by atoms with Crippen molar-refractivity contribution in [3.8, 4) is 6.07 Å². The summed E-state index contributed by atoms with van der Waals surface area (Å²) in [5, 5.41) is 8.79. The molecular formula is C15H15N3. The van der Waals surface area contributed by atoms with E-state index in [9.17, 15) is 0 Å². The summed E-state index contributed by atoms with van der Waals surface area (Å²) in [6.45, 7) is 3.90. The first-order valence-electron chi connectivity index (χ1n) is 5.97. The summed E-state index contributed by atoms with van der Waals surface area (Å²) < 4.78 is 0. The van der Waals surface area contributed by atoms with Crippen molar-refractivity contribution in [2.45, 2.75) is 13.5 Å². The highest BCUT2D eigenvalue weighted by Crippen LogP contribution is 2.17. The molecule has 0 N–H and O–H groups in total. The number of rotatable bonds is 4. The monoisotopic (exact) mass is 237 g/mol. The summed E-state index contributed by atoms with van der Waals surface area (Å²) in [5.41, 5.74) is 3.06. The van der Waals surface area contributed by atoms with E-state index >= 15 is 0 Å². The summed E-state index contributed by atoms with van der Waals surface area (Å²) in [4.78, 5) is 6.28. The number of nitriles is 1. The summed E-state index contributed by atoms with van der Waals surface area (Å²) >= 11 is 0. The minimum Gasteiger partial charge on any atom is -0.367 e. The molecule has 90 valence electrons. The predicted molar refractivity (Wildman–Crippen MR) is 72.1 cm³/mol. The molecule has 0 radical (unpaired) electrons. The van der Waals surface area contributed by atoms with Crippen molar-refractivity contribution in [2.75, 3.05) is 11.4 Å². The summed E-state index contributed by atoms with van der Waals surface area (Å²) in [6, 6.07) is 13.9. The Hall–Kier alpha value is -2.34. The van der Waals surface area contributed by atoms with Gasteiger partial charge in [-0.2, -0.15) is 5.26 Å². The third-order valence-corrected chi connectivity index (χ3v) is 2.87. The molecule has 3 nitrogen and oxygen atoms in total.